The lowest BCUT2D eigenvalue weighted by Crippen LogP contribution is -2.29. The molecule has 186 valence electrons. The largest absolute Gasteiger partial charge is 0.507 e. The van der Waals surface area contributed by atoms with Crippen LogP contribution in [0.2, 0.25) is 0 Å². The molecule has 1 aliphatic rings. The van der Waals surface area contributed by atoms with E-state index in [4.69, 9.17) is 4.74 Å². The van der Waals surface area contributed by atoms with E-state index in [1.54, 1.807) is 29.2 Å². The van der Waals surface area contributed by atoms with Gasteiger partial charge in [-0.25, -0.2) is 0 Å². The number of benzene rings is 3. The molecule has 1 fully saturated rings. The molecular weight excluding hydrogens is 450 g/mol. The molecule has 4 rings (SSSR count). The lowest BCUT2D eigenvalue weighted by atomic mass is 9.85. The average Bonchev–Trinajstić information content (AvgIpc) is 3.12. The highest BCUT2D eigenvalue weighted by Gasteiger charge is 2.46. The number of ketones is 1. The van der Waals surface area contributed by atoms with Gasteiger partial charge in [-0.1, -0.05) is 82.3 Å². The number of nitrogens with zero attached hydrogens (tertiary/aromatic N) is 1. The Balaban J connectivity index is 1.79. The lowest BCUT2D eigenvalue weighted by molar-refractivity contribution is -0.140. The van der Waals surface area contributed by atoms with Gasteiger partial charge in [0.15, 0.2) is 0 Å². The molecule has 1 unspecified atom stereocenters. The molecule has 0 bridgehead atoms. The van der Waals surface area contributed by atoms with E-state index < -0.39 is 17.7 Å². The van der Waals surface area contributed by atoms with Crippen LogP contribution < -0.4 is 4.74 Å². The van der Waals surface area contributed by atoms with E-state index in [0.717, 1.165) is 23.1 Å². The molecule has 0 saturated carbocycles. The average molecular weight is 484 g/mol. The Morgan fingerprint density at radius 2 is 1.56 bits per heavy atom. The summed E-state index contributed by atoms with van der Waals surface area (Å²) in [5.41, 5.74) is 3.37. The van der Waals surface area contributed by atoms with E-state index in [1.807, 2.05) is 61.5 Å². The first-order valence-corrected chi connectivity index (χ1v) is 12.4. The molecule has 1 amide bonds. The van der Waals surface area contributed by atoms with Crippen molar-refractivity contribution in [2.75, 3.05) is 6.61 Å². The van der Waals surface area contributed by atoms with Gasteiger partial charge >= 0.3 is 0 Å². The van der Waals surface area contributed by atoms with Crippen molar-refractivity contribution in [2.24, 2.45) is 0 Å². The highest BCUT2D eigenvalue weighted by molar-refractivity contribution is 6.46. The number of hydrogen-bond donors (Lipinski definition) is 1. The number of aliphatic hydroxyl groups excluding tert-OH is 1. The summed E-state index contributed by atoms with van der Waals surface area (Å²) in [6, 6.07) is 23.8. The molecule has 1 saturated heterocycles. The van der Waals surface area contributed by atoms with Crippen molar-refractivity contribution in [3.8, 4) is 5.75 Å². The predicted molar refractivity (Wildman–Crippen MR) is 142 cm³/mol. The van der Waals surface area contributed by atoms with Crippen molar-refractivity contribution in [3.05, 3.63) is 107 Å². The van der Waals surface area contributed by atoms with Crippen molar-refractivity contribution < 1.29 is 19.4 Å². The van der Waals surface area contributed by atoms with E-state index in [2.05, 4.69) is 20.8 Å². The van der Waals surface area contributed by atoms with E-state index in [0.29, 0.717) is 17.9 Å². The third-order valence-electron chi connectivity index (χ3n) is 6.43. The minimum Gasteiger partial charge on any atom is -0.507 e. The van der Waals surface area contributed by atoms with Crippen LogP contribution >= 0.6 is 0 Å². The Hall–Kier alpha value is -3.86. The van der Waals surface area contributed by atoms with Gasteiger partial charge in [-0.05, 0) is 52.8 Å². The number of Topliss-reactive ketones (excluding diaryl/α,β-unsaturated/α-hetero) is 1. The molecule has 0 aliphatic carbocycles. The zero-order valence-corrected chi connectivity index (χ0v) is 21.3. The molecule has 1 heterocycles. The van der Waals surface area contributed by atoms with Gasteiger partial charge in [0, 0.05) is 12.1 Å². The maximum Gasteiger partial charge on any atom is 0.295 e. The number of aliphatic hydroxyl groups is 1. The van der Waals surface area contributed by atoms with Crippen LogP contribution in [-0.4, -0.2) is 28.3 Å². The Morgan fingerprint density at radius 3 is 2.14 bits per heavy atom. The fourth-order valence-electron chi connectivity index (χ4n) is 4.42. The van der Waals surface area contributed by atoms with Crippen molar-refractivity contribution in [1.82, 2.24) is 4.90 Å². The first-order valence-electron chi connectivity index (χ1n) is 12.4. The summed E-state index contributed by atoms with van der Waals surface area (Å²) < 4.78 is 5.64. The summed E-state index contributed by atoms with van der Waals surface area (Å²) in [7, 11) is 0. The molecular formula is C31H33NO4. The summed E-state index contributed by atoms with van der Waals surface area (Å²) in [6.07, 6.45) is 0.889. The number of hydrogen-bond acceptors (Lipinski definition) is 4. The van der Waals surface area contributed by atoms with Crippen molar-refractivity contribution in [1.29, 1.82) is 0 Å². The SMILES string of the molecule is CCCOc1ccc(/C(O)=C2\C(=O)C(=O)N(Cc3ccccc3)C2c2ccc(C(C)(C)C)cc2)cc1. The minimum atomic E-state index is -0.699. The molecule has 3 aromatic rings. The Bertz CT molecular complexity index is 1250. The lowest BCUT2D eigenvalue weighted by Gasteiger charge is -2.26. The highest BCUT2D eigenvalue weighted by Crippen LogP contribution is 2.41. The second kappa shape index (κ2) is 10.4. The van der Waals surface area contributed by atoms with Crippen LogP contribution in [0.4, 0.5) is 0 Å². The van der Waals surface area contributed by atoms with E-state index in [1.165, 1.54) is 0 Å². The Kier molecular flexibility index (Phi) is 7.30. The Morgan fingerprint density at radius 1 is 0.917 bits per heavy atom. The maximum atomic E-state index is 13.3. The third kappa shape index (κ3) is 5.20. The molecule has 3 aromatic carbocycles. The minimum absolute atomic E-state index is 0.0357. The number of likely N-dealkylation sites (tertiary alicyclic amines) is 1. The third-order valence-corrected chi connectivity index (χ3v) is 6.43. The number of ether oxygens (including phenoxy) is 1. The van der Waals surface area contributed by atoms with Gasteiger partial charge in [-0.15, -0.1) is 0 Å². The van der Waals surface area contributed by atoms with Crippen molar-refractivity contribution in [3.63, 3.8) is 0 Å². The van der Waals surface area contributed by atoms with E-state index >= 15 is 0 Å². The zero-order valence-electron chi connectivity index (χ0n) is 21.3. The number of carbonyl (C=O) groups excluding carboxylic acids is 2. The summed E-state index contributed by atoms with van der Waals surface area (Å²) in [5, 5.41) is 11.3. The first kappa shape index (κ1) is 25.2. The molecule has 1 atom stereocenters. The van der Waals surface area contributed by atoms with E-state index in [-0.39, 0.29) is 23.3 Å². The maximum absolute atomic E-state index is 13.3. The molecule has 0 radical (unpaired) electrons. The second-order valence-electron chi connectivity index (χ2n) is 10.2. The van der Waals surface area contributed by atoms with Gasteiger partial charge in [0.05, 0.1) is 18.2 Å². The van der Waals surface area contributed by atoms with E-state index in [9.17, 15) is 14.7 Å². The summed E-state index contributed by atoms with van der Waals surface area (Å²) >= 11 is 0. The Labute approximate surface area is 213 Å². The first-order chi connectivity index (χ1) is 17.2. The van der Waals surface area contributed by atoms with Crippen LogP contribution in [0.1, 0.15) is 62.4 Å². The van der Waals surface area contributed by atoms with Crippen LogP contribution in [0.3, 0.4) is 0 Å². The molecule has 36 heavy (non-hydrogen) atoms. The molecule has 5 nitrogen and oxygen atoms in total. The molecule has 1 N–H and O–H groups in total. The topological polar surface area (TPSA) is 66.8 Å². The summed E-state index contributed by atoms with van der Waals surface area (Å²) in [4.78, 5) is 28.1. The fourth-order valence-corrected chi connectivity index (χ4v) is 4.42. The summed E-state index contributed by atoms with van der Waals surface area (Å²) in [6.45, 7) is 9.30. The molecule has 0 aromatic heterocycles. The second-order valence-corrected chi connectivity index (χ2v) is 10.2. The van der Waals surface area contributed by atoms with Crippen molar-refractivity contribution >= 4 is 17.4 Å². The van der Waals surface area contributed by atoms with Crippen LogP contribution in [0.5, 0.6) is 5.75 Å². The van der Waals surface area contributed by atoms with Gasteiger partial charge in [0.25, 0.3) is 11.7 Å². The fraction of sp³-hybridized carbons (Fsp3) is 0.290. The van der Waals surface area contributed by atoms with Gasteiger partial charge < -0.3 is 14.7 Å². The summed E-state index contributed by atoms with van der Waals surface area (Å²) in [5.74, 6) is -0.795. The number of rotatable bonds is 7. The van der Waals surface area contributed by atoms with Crippen LogP contribution in [0.25, 0.3) is 5.76 Å². The van der Waals surface area contributed by atoms with Crippen molar-refractivity contribution in [2.45, 2.75) is 52.1 Å². The van der Waals surface area contributed by atoms with Gasteiger partial charge in [-0.2, -0.15) is 0 Å². The predicted octanol–water partition coefficient (Wildman–Crippen LogP) is 6.39. The molecule has 0 spiro atoms. The molecule has 5 heteroatoms. The van der Waals surface area contributed by atoms with Crippen LogP contribution in [0, 0.1) is 0 Å². The van der Waals surface area contributed by atoms with Crippen LogP contribution in [0.15, 0.2) is 84.4 Å². The highest BCUT2D eigenvalue weighted by atomic mass is 16.5. The van der Waals surface area contributed by atoms with Gasteiger partial charge in [0.2, 0.25) is 0 Å². The van der Waals surface area contributed by atoms with Gasteiger partial charge in [-0.3, -0.25) is 9.59 Å². The molecule has 1 aliphatic heterocycles. The quantitative estimate of drug-likeness (QED) is 0.240. The number of carbonyl (C=O) groups is 2. The zero-order chi connectivity index (χ0) is 25.9. The van der Waals surface area contributed by atoms with Crippen LogP contribution in [-0.2, 0) is 21.5 Å². The number of amides is 1. The standard InChI is InChI=1S/C31H33NO4/c1-5-19-36-25-17-13-23(14-18-25)28(33)26-27(22-11-15-24(16-12-22)31(2,3)4)32(30(35)29(26)34)20-21-9-7-6-8-10-21/h6-18,27,33H,5,19-20H2,1-4H3/b28-26+. The van der Waals surface area contributed by atoms with Gasteiger partial charge in [0.1, 0.15) is 11.5 Å². The monoisotopic (exact) mass is 483 g/mol. The smallest absolute Gasteiger partial charge is 0.295 e. The normalized spacial score (nSPS) is 17.4.